The summed E-state index contributed by atoms with van der Waals surface area (Å²) >= 11 is 0. The Kier molecular flexibility index (Phi) is 2.18. The van der Waals surface area contributed by atoms with Crippen molar-refractivity contribution in [3.63, 3.8) is 0 Å². The van der Waals surface area contributed by atoms with Crippen LogP contribution in [-0.4, -0.2) is 11.8 Å². The Morgan fingerprint density at radius 2 is 1.50 bits per heavy atom. The first-order valence-electron chi connectivity index (χ1n) is 6.52. The van der Waals surface area contributed by atoms with Crippen molar-refractivity contribution < 1.29 is 9.59 Å². The van der Waals surface area contributed by atoms with Crippen LogP contribution in [0.25, 0.3) is 11.1 Å². The van der Waals surface area contributed by atoms with Crippen molar-refractivity contribution in [1.82, 2.24) is 0 Å². The van der Waals surface area contributed by atoms with Crippen molar-refractivity contribution in [2.24, 2.45) is 0 Å². The van der Waals surface area contributed by atoms with Crippen LogP contribution >= 0.6 is 0 Å². The zero-order valence-electron chi connectivity index (χ0n) is 10.7. The zero-order valence-corrected chi connectivity index (χ0v) is 10.7. The van der Waals surface area contributed by atoms with E-state index < -0.39 is 0 Å². The average molecular weight is 261 g/mol. The van der Waals surface area contributed by atoms with Crippen LogP contribution in [0.2, 0.25) is 0 Å². The van der Waals surface area contributed by atoms with Crippen molar-refractivity contribution in [2.75, 3.05) is 4.90 Å². The van der Waals surface area contributed by atoms with E-state index in [9.17, 15) is 9.59 Å². The molecule has 0 spiro atoms. The number of hydrogen-bond acceptors (Lipinski definition) is 2. The van der Waals surface area contributed by atoms with Gasteiger partial charge in [0.2, 0.25) is 0 Å². The van der Waals surface area contributed by atoms with Crippen molar-refractivity contribution >= 4 is 17.5 Å². The second-order valence-electron chi connectivity index (χ2n) is 4.99. The van der Waals surface area contributed by atoms with Crippen LogP contribution in [0.4, 0.5) is 5.69 Å². The molecule has 96 valence electrons. The van der Waals surface area contributed by atoms with E-state index in [2.05, 4.69) is 12.1 Å². The van der Waals surface area contributed by atoms with Gasteiger partial charge in [-0.2, -0.15) is 0 Å². The molecule has 1 aliphatic heterocycles. The Balaban J connectivity index is 1.96. The number of fused-ring (bicyclic) bond motifs is 3. The monoisotopic (exact) mass is 261 g/mol. The summed E-state index contributed by atoms with van der Waals surface area (Å²) in [4.78, 5) is 25.1. The first-order chi connectivity index (χ1) is 9.75. The molecule has 0 saturated heterocycles. The molecule has 2 amide bonds. The SMILES string of the molecule is O=C1C=CC(=O)N1c1cccc2c1-c1ccccc1C2. The lowest BCUT2D eigenvalue weighted by molar-refractivity contribution is -0.119. The number of imide groups is 1. The van der Waals surface area contributed by atoms with Crippen LogP contribution in [0.3, 0.4) is 0 Å². The smallest absolute Gasteiger partial charge is 0.258 e. The highest BCUT2D eigenvalue weighted by atomic mass is 16.2. The second kappa shape index (κ2) is 3.90. The van der Waals surface area contributed by atoms with Gasteiger partial charge in [-0.1, -0.05) is 36.4 Å². The van der Waals surface area contributed by atoms with Crippen LogP contribution in [0, 0.1) is 0 Å². The molecule has 3 heteroatoms. The van der Waals surface area contributed by atoms with Gasteiger partial charge in [-0.25, -0.2) is 4.90 Å². The highest BCUT2D eigenvalue weighted by Gasteiger charge is 2.30. The van der Waals surface area contributed by atoms with Gasteiger partial charge >= 0.3 is 0 Å². The van der Waals surface area contributed by atoms with E-state index in [1.165, 1.54) is 22.6 Å². The summed E-state index contributed by atoms with van der Waals surface area (Å²) in [6, 6.07) is 13.9. The molecule has 0 N–H and O–H groups in total. The Morgan fingerprint density at radius 1 is 0.800 bits per heavy atom. The van der Waals surface area contributed by atoms with Crippen LogP contribution < -0.4 is 4.90 Å². The summed E-state index contributed by atoms with van der Waals surface area (Å²) in [7, 11) is 0. The van der Waals surface area contributed by atoms with Gasteiger partial charge in [0.1, 0.15) is 0 Å². The van der Waals surface area contributed by atoms with Crippen LogP contribution in [0.15, 0.2) is 54.6 Å². The molecule has 0 saturated carbocycles. The Bertz CT molecular complexity index is 771. The summed E-state index contributed by atoms with van der Waals surface area (Å²) in [5, 5.41) is 0. The van der Waals surface area contributed by atoms with E-state index in [0.29, 0.717) is 5.69 Å². The van der Waals surface area contributed by atoms with Gasteiger partial charge in [-0.3, -0.25) is 9.59 Å². The average Bonchev–Trinajstić information content (AvgIpc) is 2.99. The first-order valence-corrected chi connectivity index (χ1v) is 6.52. The molecular weight excluding hydrogens is 250 g/mol. The highest BCUT2D eigenvalue weighted by molar-refractivity contribution is 6.29. The number of anilines is 1. The van der Waals surface area contributed by atoms with E-state index in [-0.39, 0.29) is 11.8 Å². The number of rotatable bonds is 1. The molecule has 1 aliphatic carbocycles. The topological polar surface area (TPSA) is 37.4 Å². The number of amides is 2. The van der Waals surface area contributed by atoms with Gasteiger partial charge < -0.3 is 0 Å². The van der Waals surface area contributed by atoms with Gasteiger partial charge in [0.25, 0.3) is 11.8 Å². The van der Waals surface area contributed by atoms with E-state index in [0.717, 1.165) is 23.1 Å². The molecule has 4 rings (SSSR count). The Labute approximate surface area is 116 Å². The normalized spacial score (nSPS) is 15.7. The molecule has 2 aliphatic rings. The standard InChI is InChI=1S/C17H11NO2/c19-15-8-9-16(20)18(15)14-7-3-5-12-10-11-4-1-2-6-13(11)17(12)14/h1-9H,10H2. The third kappa shape index (κ3) is 1.40. The molecule has 0 fully saturated rings. The van der Waals surface area contributed by atoms with E-state index in [1.807, 2.05) is 30.3 Å². The van der Waals surface area contributed by atoms with Crippen molar-refractivity contribution in [3.05, 3.63) is 65.7 Å². The minimum atomic E-state index is -0.271. The minimum absolute atomic E-state index is 0.271. The zero-order chi connectivity index (χ0) is 13.7. The fraction of sp³-hybridized carbons (Fsp3) is 0.0588. The molecule has 0 radical (unpaired) electrons. The number of nitrogens with zero attached hydrogens (tertiary/aromatic N) is 1. The maximum atomic E-state index is 11.9. The predicted octanol–water partition coefficient (Wildman–Crippen LogP) is 2.69. The van der Waals surface area contributed by atoms with E-state index in [4.69, 9.17) is 0 Å². The summed E-state index contributed by atoms with van der Waals surface area (Å²) < 4.78 is 0. The molecule has 0 unspecified atom stereocenters. The van der Waals surface area contributed by atoms with Crippen molar-refractivity contribution in [2.45, 2.75) is 6.42 Å². The lowest BCUT2D eigenvalue weighted by Gasteiger charge is -2.18. The van der Waals surface area contributed by atoms with Crippen molar-refractivity contribution in [1.29, 1.82) is 0 Å². The second-order valence-corrected chi connectivity index (χ2v) is 4.99. The summed E-state index contributed by atoms with van der Waals surface area (Å²) in [6.45, 7) is 0. The lowest BCUT2D eigenvalue weighted by atomic mass is 10.0. The van der Waals surface area contributed by atoms with Gasteiger partial charge in [0.15, 0.2) is 0 Å². The fourth-order valence-electron chi connectivity index (χ4n) is 2.99. The molecule has 2 aromatic carbocycles. The van der Waals surface area contributed by atoms with E-state index in [1.54, 1.807) is 0 Å². The van der Waals surface area contributed by atoms with Gasteiger partial charge in [0, 0.05) is 17.7 Å². The van der Waals surface area contributed by atoms with Crippen molar-refractivity contribution in [3.8, 4) is 11.1 Å². The third-order valence-electron chi connectivity index (χ3n) is 3.85. The maximum absolute atomic E-state index is 11.9. The highest BCUT2D eigenvalue weighted by Crippen LogP contribution is 2.43. The molecule has 0 bridgehead atoms. The van der Waals surface area contributed by atoms with Gasteiger partial charge in [0.05, 0.1) is 5.69 Å². The minimum Gasteiger partial charge on any atom is -0.269 e. The van der Waals surface area contributed by atoms with Crippen LogP contribution in [0.1, 0.15) is 11.1 Å². The van der Waals surface area contributed by atoms with Gasteiger partial charge in [-0.05, 0) is 29.2 Å². The lowest BCUT2D eigenvalue weighted by Crippen LogP contribution is -2.30. The maximum Gasteiger partial charge on any atom is 0.258 e. The van der Waals surface area contributed by atoms with Crippen LogP contribution in [0.5, 0.6) is 0 Å². The molecule has 1 heterocycles. The molecule has 0 atom stereocenters. The molecule has 3 nitrogen and oxygen atoms in total. The Morgan fingerprint density at radius 3 is 2.30 bits per heavy atom. The Hall–Kier alpha value is -2.68. The molecular formula is C17H11NO2. The van der Waals surface area contributed by atoms with Gasteiger partial charge in [-0.15, -0.1) is 0 Å². The number of benzene rings is 2. The molecule has 20 heavy (non-hydrogen) atoms. The largest absolute Gasteiger partial charge is 0.269 e. The first kappa shape index (κ1) is 11.2. The number of hydrogen-bond donors (Lipinski definition) is 0. The van der Waals surface area contributed by atoms with Crippen LogP contribution in [-0.2, 0) is 16.0 Å². The summed E-state index contributed by atoms with van der Waals surface area (Å²) in [6.07, 6.45) is 3.49. The molecule has 0 aromatic heterocycles. The quantitative estimate of drug-likeness (QED) is 0.631. The third-order valence-corrected chi connectivity index (χ3v) is 3.85. The number of carbonyl (C=O) groups is 2. The van der Waals surface area contributed by atoms with E-state index >= 15 is 0 Å². The summed E-state index contributed by atoms with van der Waals surface area (Å²) in [5.74, 6) is -0.541. The number of carbonyl (C=O) groups excluding carboxylic acids is 2. The summed E-state index contributed by atoms with van der Waals surface area (Å²) in [5.41, 5.74) is 5.21. The fourth-order valence-corrected chi connectivity index (χ4v) is 2.99. The molecule has 2 aromatic rings. The predicted molar refractivity (Wildman–Crippen MR) is 76.3 cm³/mol.